The second-order valence-electron chi connectivity index (χ2n) is 15.3. The van der Waals surface area contributed by atoms with Crippen molar-refractivity contribution in [3.05, 3.63) is 0 Å². The maximum Gasteiger partial charge on any atom is 0.220 e. The Bertz CT molecular complexity index is 630. The van der Waals surface area contributed by atoms with E-state index in [2.05, 4.69) is 19.2 Å². The average Bonchev–Trinajstić information content (AvgIpc) is 3.09. The second-order valence-corrected chi connectivity index (χ2v) is 15.3. The summed E-state index contributed by atoms with van der Waals surface area (Å²) in [6.45, 7) is 4.19. The Hall–Kier alpha value is -0.650. The molecule has 3 atom stereocenters. The molecule has 0 aromatic carbocycles. The number of hydrogen-bond acceptors (Lipinski definition) is 4. The van der Waals surface area contributed by atoms with Crippen LogP contribution in [0.4, 0.5) is 0 Å². The fourth-order valence-corrected chi connectivity index (χ4v) is 7.05. The van der Waals surface area contributed by atoms with E-state index in [4.69, 9.17) is 0 Å². The van der Waals surface area contributed by atoms with Gasteiger partial charge in [-0.15, -0.1) is 0 Å². The van der Waals surface area contributed by atoms with Crippen LogP contribution >= 0.6 is 0 Å². The molecule has 5 heteroatoms. The Morgan fingerprint density at radius 1 is 0.438 bits per heavy atom. The number of nitrogens with one attached hydrogen (secondary N) is 1. The molecular weight excluding hydrogens is 594 g/mol. The summed E-state index contributed by atoms with van der Waals surface area (Å²) in [5, 5.41) is 33.5. The first kappa shape index (κ1) is 47.4. The highest BCUT2D eigenvalue weighted by Crippen LogP contribution is 2.17. The van der Waals surface area contributed by atoms with Crippen LogP contribution in [0.15, 0.2) is 0 Å². The quantitative estimate of drug-likeness (QED) is 0.0485. The van der Waals surface area contributed by atoms with Crippen molar-refractivity contribution >= 4 is 5.91 Å². The summed E-state index contributed by atoms with van der Waals surface area (Å²) < 4.78 is 0. The van der Waals surface area contributed by atoms with E-state index in [1.54, 1.807) is 0 Å². The number of unbranched alkanes of at least 4 members (excludes halogenated alkanes) is 32. The zero-order chi connectivity index (χ0) is 35.2. The van der Waals surface area contributed by atoms with E-state index in [1.807, 2.05) is 0 Å². The Labute approximate surface area is 300 Å². The maximum atomic E-state index is 12.4. The zero-order valence-corrected chi connectivity index (χ0v) is 32.6. The molecule has 0 saturated carbocycles. The van der Waals surface area contributed by atoms with E-state index in [0.717, 1.165) is 32.1 Å². The lowest BCUT2D eigenvalue weighted by Gasteiger charge is -2.26. The highest BCUT2D eigenvalue weighted by molar-refractivity contribution is 5.76. The molecule has 0 aliphatic carbocycles. The Morgan fingerprint density at radius 3 is 1.00 bits per heavy atom. The Kier molecular flexibility index (Phi) is 38.6. The summed E-state index contributed by atoms with van der Waals surface area (Å²) in [6, 6.07) is -0.802. The van der Waals surface area contributed by atoms with Gasteiger partial charge in [-0.25, -0.2) is 0 Å². The van der Waals surface area contributed by atoms with Crippen molar-refractivity contribution in [2.75, 3.05) is 6.61 Å². The molecule has 0 saturated heterocycles. The third-order valence-electron chi connectivity index (χ3n) is 10.5. The van der Waals surface area contributed by atoms with E-state index in [1.165, 1.54) is 186 Å². The predicted octanol–water partition coefficient (Wildman–Crippen LogP) is 12.3. The first-order valence-corrected chi connectivity index (χ1v) is 21.8. The molecule has 0 fully saturated rings. The topological polar surface area (TPSA) is 89.8 Å². The SMILES string of the molecule is CCCCCCCCCCCCCCCCCCCCCCCC(=O)N[C@@H](CO)[C@H](O)[C@H](O)CCCCCCCCCCCCCCC. The molecule has 0 rings (SSSR count). The molecule has 0 aromatic rings. The summed E-state index contributed by atoms with van der Waals surface area (Å²) in [7, 11) is 0. The van der Waals surface area contributed by atoms with Crippen LogP contribution in [0.3, 0.4) is 0 Å². The van der Waals surface area contributed by atoms with E-state index in [0.29, 0.717) is 12.8 Å². The molecule has 4 N–H and O–H groups in total. The monoisotopic (exact) mass is 682 g/mol. The van der Waals surface area contributed by atoms with Gasteiger partial charge in [-0.1, -0.05) is 226 Å². The highest BCUT2D eigenvalue weighted by atomic mass is 16.3. The average molecular weight is 682 g/mol. The molecule has 0 bridgehead atoms. The molecule has 0 aliphatic rings. The number of amides is 1. The first-order chi connectivity index (χ1) is 23.6. The molecule has 0 aromatic heterocycles. The minimum absolute atomic E-state index is 0.140. The summed E-state index contributed by atoms with van der Waals surface area (Å²) in [5.74, 6) is -0.140. The van der Waals surface area contributed by atoms with Crippen molar-refractivity contribution in [2.45, 2.75) is 263 Å². The van der Waals surface area contributed by atoms with Gasteiger partial charge >= 0.3 is 0 Å². The summed E-state index contributed by atoms with van der Waals surface area (Å²) in [4.78, 5) is 12.4. The van der Waals surface area contributed by atoms with Gasteiger partial charge in [0.15, 0.2) is 0 Å². The fraction of sp³-hybridized carbons (Fsp3) is 0.977. The number of aliphatic hydroxyl groups is 3. The highest BCUT2D eigenvalue weighted by Gasteiger charge is 2.26. The van der Waals surface area contributed by atoms with Crippen LogP contribution in [0.25, 0.3) is 0 Å². The lowest BCUT2D eigenvalue weighted by molar-refractivity contribution is -0.124. The number of carbonyl (C=O) groups is 1. The van der Waals surface area contributed by atoms with Gasteiger partial charge in [0.25, 0.3) is 0 Å². The molecule has 5 nitrogen and oxygen atoms in total. The maximum absolute atomic E-state index is 12.4. The van der Waals surface area contributed by atoms with Gasteiger partial charge < -0.3 is 20.6 Å². The molecule has 0 spiro atoms. The first-order valence-electron chi connectivity index (χ1n) is 21.8. The zero-order valence-electron chi connectivity index (χ0n) is 32.6. The lowest BCUT2D eigenvalue weighted by atomic mass is 9.99. The van der Waals surface area contributed by atoms with E-state index in [9.17, 15) is 20.1 Å². The minimum atomic E-state index is -1.13. The van der Waals surface area contributed by atoms with Gasteiger partial charge in [0, 0.05) is 6.42 Å². The van der Waals surface area contributed by atoms with Crippen molar-refractivity contribution in [1.82, 2.24) is 5.32 Å². The van der Waals surface area contributed by atoms with E-state index >= 15 is 0 Å². The van der Waals surface area contributed by atoms with Crippen LogP contribution in [0, 0.1) is 0 Å². The van der Waals surface area contributed by atoms with Crippen LogP contribution in [0.2, 0.25) is 0 Å². The number of aliphatic hydroxyl groups excluding tert-OH is 3. The van der Waals surface area contributed by atoms with Gasteiger partial charge in [0.2, 0.25) is 5.91 Å². The third-order valence-corrected chi connectivity index (χ3v) is 10.5. The summed E-state index contributed by atoms with van der Waals surface area (Å²) >= 11 is 0. The third kappa shape index (κ3) is 33.8. The molecule has 0 unspecified atom stereocenters. The van der Waals surface area contributed by atoms with Crippen molar-refractivity contribution < 1.29 is 20.1 Å². The van der Waals surface area contributed by atoms with Gasteiger partial charge in [-0.3, -0.25) is 4.79 Å². The smallest absolute Gasteiger partial charge is 0.220 e. The van der Waals surface area contributed by atoms with Gasteiger partial charge in [0.1, 0.15) is 6.10 Å². The Morgan fingerprint density at radius 2 is 0.708 bits per heavy atom. The molecule has 0 radical (unpaired) electrons. The van der Waals surface area contributed by atoms with Crippen molar-refractivity contribution in [3.63, 3.8) is 0 Å². The van der Waals surface area contributed by atoms with Crippen LogP contribution in [0.5, 0.6) is 0 Å². The fourth-order valence-electron chi connectivity index (χ4n) is 7.05. The second kappa shape index (κ2) is 39.1. The van der Waals surface area contributed by atoms with Crippen LogP contribution < -0.4 is 5.32 Å². The van der Waals surface area contributed by atoms with Gasteiger partial charge in [0.05, 0.1) is 18.8 Å². The van der Waals surface area contributed by atoms with Crippen LogP contribution in [0.1, 0.15) is 245 Å². The standard InChI is InChI=1S/C43H87NO4/c1-3-5-7-9-11-13-15-17-18-19-20-21-22-23-24-26-28-30-32-34-36-38-42(47)44-40(39-45)43(48)41(46)37-35-33-31-29-27-25-16-14-12-10-8-6-4-2/h40-41,43,45-46,48H,3-39H2,1-2H3,(H,44,47)/t40-,41+,43-/m0/s1. The van der Waals surface area contributed by atoms with Crippen molar-refractivity contribution in [2.24, 2.45) is 0 Å². The summed E-state index contributed by atoms with van der Waals surface area (Å²) in [6.07, 6.45) is 43.5. The molecule has 0 heterocycles. The number of hydrogen-bond donors (Lipinski definition) is 4. The molecule has 0 aliphatic heterocycles. The molecule has 288 valence electrons. The lowest BCUT2D eigenvalue weighted by Crippen LogP contribution is -2.50. The Balaban J connectivity index is 3.56. The number of carbonyl (C=O) groups excluding carboxylic acids is 1. The minimum Gasteiger partial charge on any atom is -0.394 e. The largest absolute Gasteiger partial charge is 0.394 e. The summed E-state index contributed by atoms with van der Waals surface area (Å²) in [5.41, 5.74) is 0. The number of rotatable bonds is 40. The van der Waals surface area contributed by atoms with Gasteiger partial charge in [-0.05, 0) is 12.8 Å². The molecular formula is C43H87NO4. The van der Waals surface area contributed by atoms with E-state index < -0.39 is 18.2 Å². The van der Waals surface area contributed by atoms with Gasteiger partial charge in [-0.2, -0.15) is 0 Å². The van der Waals surface area contributed by atoms with Crippen LogP contribution in [-0.4, -0.2) is 46.1 Å². The van der Waals surface area contributed by atoms with E-state index in [-0.39, 0.29) is 12.5 Å². The normalized spacial score (nSPS) is 13.5. The van der Waals surface area contributed by atoms with Crippen molar-refractivity contribution in [1.29, 1.82) is 0 Å². The van der Waals surface area contributed by atoms with Crippen molar-refractivity contribution in [3.8, 4) is 0 Å². The molecule has 48 heavy (non-hydrogen) atoms. The van der Waals surface area contributed by atoms with Crippen LogP contribution in [-0.2, 0) is 4.79 Å². The predicted molar refractivity (Wildman–Crippen MR) is 209 cm³/mol. The molecule has 1 amide bonds.